The lowest BCUT2D eigenvalue weighted by atomic mass is 10.3. The molecule has 0 aliphatic heterocycles. The van der Waals surface area contributed by atoms with Crippen LogP contribution in [0.15, 0.2) is 12.1 Å². The molecule has 2 nitrogen and oxygen atoms in total. The van der Waals surface area contributed by atoms with E-state index in [0.717, 1.165) is 19.5 Å². The molecule has 0 amide bonds. The van der Waals surface area contributed by atoms with Crippen LogP contribution in [0.4, 0.5) is 0 Å². The molecule has 0 saturated heterocycles. The summed E-state index contributed by atoms with van der Waals surface area (Å²) in [5.41, 5.74) is 0. The molecule has 1 aromatic heterocycles. The molecule has 0 radical (unpaired) electrons. The van der Waals surface area contributed by atoms with Crippen molar-refractivity contribution >= 4 is 11.3 Å². The summed E-state index contributed by atoms with van der Waals surface area (Å²) in [4.78, 5) is 2.87. The fourth-order valence-electron chi connectivity index (χ4n) is 1.19. The Labute approximate surface area is 90.3 Å². The molecule has 1 atom stereocenters. The molecule has 0 aromatic carbocycles. The fourth-order valence-corrected chi connectivity index (χ4v) is 2.12. The molecule has 1 rings (SSSR count). The van der Waals surface area contributed by atoms with Gasteiger partial charge in [-0.15, -0.1) is 11.3 Å². The molecule has 0 aliphatic carbocycles. The zero-order chi connectivity index (χ0) is 10.4. The number of rotatable bonds is 6. The van der Waals surface area contributed by atoms with Crippen molar-refractivity contribution in [3.8, 4) is 0 Å². The summed E-state index contributed by atoms with van der Waals surface area (Å²) in [6.45, 7) is 6.13. The van der Waals surface area contributed by atoms with Crippen LogP contribution in [0.2, 0.25) is 0 Å². The molecule has 14 heavy (non-hydrogen) atoms. The summed E-state index contributed by atoms with van der Waals surface area (Å²) in [5.74, 6) is 0. The zero-order valence-corrected chi connectivity index (χ0v) is 9.99. The first-order valence-corrected chi connectivity index (χ1v) is 5.89. The maximum absolute atomic E-state index is 5.16. The molecule has 1 heterocycles. The van der Waals surface area contributed by atoms with Crippen LogP contribution in [0.1, 0.15) is 23.6 Å². The van der Waals surface area contributed by atoms with Crippen LogP contribution in [0.5, 0.6) is 0 Å². The number of hydrogen-bond acceptors (Lipinski definition) is 3. The van der Waals surface area contributed by atoms with Gasteiger partial charge in [0.25, 0.3) is 0 Å². The smallest absolute Gasteiger partial charge is 0.0667 e. The van der Waals surface area contributed by atoms with Gasteiger partial charge in [-0.1, -0.05) is 6.92 Å². The fraction of sp³-hybridized carbons (Fsp3) is 0.636. The second-order valence-electron chi connectivity index (χ2n) is 3.40. The Bertz CT molecular complexity index is 260. The van der Waals surface area contributed by atoms with Crippen LogP contribution in [0.25, 0.3) is 0 Å². The van der Waals surface area contributed by atoms with E-state index in [0.29, 0.717) is 6.10 Å². The van der Waals surface area contributed by atoms with Gasteiger partial charge in [-0.05, 0) is 25.5 Å². The van der Waals surface area contributed by atoms with Crippen molar-refractivity contribution in [2.75, 3.05) is 13.7 Å². The average Bonchev–Trinajstić information content (AvgIpc) is 2.65. The maximum Gasteiger partial charge on any atom is 0.0667 e. The summed E-state index contributed by atoms with van der Waals surface area (Å²) in [5, 5.41) is 3.38. The van der Waals surface area contributed by atoms with Crippen LogP contribution in [0.3, 0.4) is 0 Å². The van der Waals surface area contributed by atoms with Crippen molar-refractivity contribution in [3.63, 3.8) is 0 Å². The minimum absolute atomic E-state index is 0.292. The average molecular weight is 213 g/mol. The molecule has 3 heteroatoms. The number of thiophene rings is 1. The quantitative estimate of drug-likeness (QED) is 0.783. The third-order valence-corrected chi connectivity index (χ3v) is 3.43. The third-order valence-electron chi connectivity index (χ3n) is 2.20. The Morgan fingerprint density at radius 1 is 1.43 bits per heavy atom. The molecule has 1 N–H and O–H groups in total. The number of methoxy groups -OCH3 is 1. The molecule has 1 aromatic rings. The van der Waals surface area contributed by atoms with Gasteiger partial charge < -0.3 is 10.1 Å². The lowest BCUT2D eigenvalue weighted by Crippen LogP contribution is -2.25. The van der Waals surface area contributed by atoms with E-state index in [2.05, 4.69) is 31.3 Å². The van der Waals surface area contributed by atoms with Crippen molar-refractivity contribution in [2.45, 2.75) is 32.9 Å². The number of aryl methyl sites for hydroxylation is 1. The molecule has 0 aliphatic rings. The predicted octanol–water partition coefficient (Wildman–Crippen LogP) is 2.44. The summed E-state index contributed by atoms with van der Waals surface area (Å²) in [6.07, 6.45) is 1.43. The molecule has 0 saturated carbocycles. The Morgan fingerprint density at radius 2 is 2.14 bits per heavy atom. The van der Waals surface area contributed by atoms with E-state index in [-0.39, 0.29) is 0 Å². The van der Waals surface area contributed by atoms with Gasteiger partial charge in [0.1, 0.15) is 0 Å². The highest BCUT2D eigenvalue weighted by Crippen LogP contribution is 2.16. The van der Waals surface area contributed by atoms with Crippen LogP contribution in [0, 0.1) is 0 Å². The highest BCUT2D eigenvalue weighted by Gasteiger charge is 2.00. The highest BCUT2D eigenvalue weighted by atomic mass is 32.1. The Morgan fingerprint density at radius 3 is 2.71 bits per heavy atom. The first-order valence-electron chi connectivity index (χ1n) is 5.07. The van der Waals surface area contributed by atoms with Crippen LogP contribution in [-0.2, 0) is 17.7 Å². The lowest BCUT2D eigenvalue weighted by Gasteiger charge is -2.09. The molecule has 1 unspecified atom stereocenters. The van der Waals surface area contributed by atoms with Crippen molar-refractivity contribution in [1.82, 2.24) is 5.32 Å². The zero-order valence-electron chi connectivity index (χ0n) is 9.17. The van der Waals surface area contributed by atoms with Gasteiger partial charge in [-0.3, -0.25) is 0 Å². The summed E-state index contributed by atoms with van der Waals surface area (Å²) >= 11 is 1.89. The van der Waals surface area contributed by atoms with Gasteiger partial charge in [0, 0.05) is 30.0 Å². The van der Waals surface area contributed by atoms with Gasteiger partial charge in [0.05, 0.1) is 6.10 Å². The summed E-state index contributed by atoms with van der Waals surface area (Å²) in [6, 6.07) is 4.41. The summed E-state index contributed by atoms with van der Waals surface area (Å²) in [7, 11) is 1.74. The van der Waals surface area contributed by atoms with Gasteiger partial charge in [0.15, 0.2) is 0 Å². The lowest BCUT2D eigenvalue weighted by molar-refractivity contribution is 0.117. The normalized spacial score (nSPS) is 13.1. The standard InChI is InChI=1S/C11H19NOS/c1-4-10-5-6-11(14-10)8-12-7-9(2)13-3/h5-6,9,12H,4,7-8H2,1-3H3. The number of nitrogens with one attached hydrogen (secondary N) is 1. The Kier molecular flexibility index (Phi) is 5.15. The molecular formula is C11H19NOS. The van der Waals surface area contributed by atoms with E-state index in [1.807, 2.05) is 11.3 Å². The molecule has 80 valence electrons. The van der Waals surface area contributed by atoms with Gasteiger partial charge in [0.2, 0.25) is 0 Å². The predicted molar refractivity (Wildman–Crippen MR) is 61.9 cm³/mol. The first-order chi connectivity index (χ1) is 6.76. The second kappa shape index (κ2) is 6.17. The van der Waals surface area contributed by atoms with E-state index in [9.17, 15) is 0 Å². The Hall–Kier alpha value is -0.380. The largest absolute Gasteiger partial charge is 0.380 e. The second-order valence-corrected chi connectivity index (χ2v) is 4.65. The highest BCUT2D eigenvalue weighted by molar-refractivity contribution is 7.11. The maximum atomic E-state index is 5.16. The third kappa shape index (κ3) is 3.78. The first kappa shape index (κ1) is 11.7. The van der Waals surface area contributed by atoms with Crippen molar-refractivity contribution < 1.29 is 4.74 Å². The van der Waals surface area contributed by atoms with E-state index in [4.69, 9.17) is 4.74 Å². The van der Waals surface area contributed by atoms with Crippen molar-refractivity contribution in [3.05, 3.63) is 21.9 Å². The Balaban J connectivity index is 2.24. The van der Waals surface area contributed by atoms with Crippen molar-refractivity contribution in [1.29, 1.82) is 0 Å². The van der Waals surface area contributed by atoms with Gasteiger partial charge in [-0.2, -0.15) is 0 Å². The minimum Gasteiger partial charge on any atom is -0.380 e. The van der Waals surface area contributed by atoms with Crippen molar-refractivity contribution in [2.24, 2.45) is 0 Å². The number of ether oxygens (including phenoxy) is 1. The number of hydrogen-bond donors (Lipinski definition) is 1. The molecular weight excluding hydrogens is 194 g/mol. The molecule has 0 bridgehead atoms. The van der Waals surface area contributed by atoms with E-state index in [1.54, 1.807) is 7.11 Å². The molecule has 0 fully saturated rings. The SMILES string of the molecule is CCc1ccc(CNCC(C)OC)s1. The van der Waals surface area contributed by atoms with E-state index >= 15 is 0 Å². The van der Waals surface area contributed by atoms with Gasteiger partial charge in [-0.25, -0.2) is 0 Å². The van der Waals surface area contributed by atoms with Crippen LogP contribution >= 0.6 is 11.3 Å². The topological polar surface area (TPSA) is 21.3 Å². The van der Waals surface area contributed by atoms with E-state index < -0.39 is 0 Å². The van der Waals surface area contributed by atoms with Gasteiger partial charge >= 0.3 is 0 Å². The summed E-state index contributed by atoms with van der Waals surface area (Å²) < 4.78 is 5.16. The van der Waals surface area contributed by atoms with Crippen LogP contribution in [-0.4, -0.2) is 19.8 Å². The molecule has 0 spiro atoms. The monoisotopic (exact) mass is 213 g/mol. The van der Waals surface area contributed by atoms with Crippen LogP contribution < -0.4 is 5.32 Å². The van der Waals surface area contributed by atoms with E-state index in [1.165, 1.54) is 9.75 Å². The minimum atomic E-state index is 0.292.